The molecule has 0 saturated heterocycles. The molecule has 160 valence electrons. The predicted octanol–water partition coefficient (Wildman–Crippen LogP) is 5.21. The van der Waals surface area contributed by atoms with E-state index in [0.29, 0.717) is 17.3 Å². The summed E-state index contributed by atoms with van der Waals surface area (Å²) in [6.45, 7) is 0. The Balaban J connectivity index is 1.57. The van der Waals surface area contributed by atoms with Gasteiger partial charge in [0.2, 0.25) is 9.84 Å². The van der Waals surface area contributed by atoms with Crippen LogP contribution in [-0.2, 0) is 22.0 Å². The lowest BCUT2D eigenvalue weighted by Crippen LogP contribution is -2.11. The Kier molecular flexibility index (Phi) is 6.49. The van der Waals surface area contributed by atoms with Crippen molar-refractivity contribution in [2.45, 2.75) is 28.0 Å². The zero-order valence-corrected chi connectivity index (χ0v) is 18.5. The summed E-state index contributed by atoms with van der Waals surface area (Å²) in [6.07, 6.45) is 0.653. The maximum atomic E-state index is 12.7. The Morgan fingerprint density at radius 3 is 2.35 bits per heavy atom. The molecule has 0 aliphatic heterocycles. The summed E-state index contributed by atoms with van der Waals surface area (Å²) in [6, 6.07) is 19.3. The molecule has 2 aromatic heterocycles. The molecule has 0 unspecified atom stereocenters. The zero-order valence-electron chi connectivity index (χ0n) is 16.1. The highest BCUT2D eigenvalue weighted by atomic mass is 32.2. The fourth-order valence-corrected chi connectivity index (χ4v) is 5.29. The first kappa shape index (κ1) is 21.7. The summed E-state index contributed by atoms with van der Waals surface area (Å²) in [5.41, 5.74) is 1.74. The van der Waals surface area contributed by atoms with E-state index in [-0.39, 0.29) is 4.90 Å². The van der Waals surface area contributed by atoms with Gasteiger partial charge in [-0.1, -0.05) is 48.2 Å². The fraction of sp³-hybridized carbons (Fsp3) is 0.143. The number of thiophene rings is 1. The number of para-hydroxylation sites is 1. The molecule has 0 atom stereocenters. The number of nitrogens with zero attached hydrogens (tertiary/aromatic N) is 3. The number of halogens is 2. The van der Waals surface area contributed by atoms with Gasteiger partial charge in [0.15, 0.2) is 5.16 Å². The van der Waals surface area contributed by atoms with Gasteiger partial charge in [-0.15, -0.1) is 21.5 Å². The average molecular weight is 478 g/mol. The van der Waals surface area contributed by atoms with E-state index < -0.39 is 15.6 Å². The van der Waals surface area contributed by atoms with Gasteiger partial charge in [-0.3, -0.25) is 4.57 Å². The van der Waals surface area contributed by atoms with Crippen molar-refractivity contribution in [3.05, 3.63) is 88.4 Å². The second-order valence-electron chi connectivity index (χ2n) is 6.56. The molecular weight excluding hydrogens is 460 g/mol. The summed E-state index contributed by atoms with van der Waals surface area (Å²) < 4.78 is 50.6. The van der Waals surface area contributed by atoms with E-state index in [2.05, 4.69) is 16.3 Å². The van der Waals surface area contributed by atoms with Gasteiger partial charge in [-0.25, -0.2) is 8.42 Å². The van der Waals surface area contributed by atoms with Crippen molar-refractivity contribution >= 4 is 32.9 Å². The molecule has 2 heterocycles. The molecule has 0 spiro atoms. The first-order chi connectivity index (χ1) is 14.9. The minimum absolute atomic E-state index is 0.387. The Hall–Kier alpha value is -2.56. The maximum absolute atomic E-state index is 12.7. The first-order valence-electron chi connectivity index (χ1n) is 9.21. The quantitative estimate of drug-likeness (QED) is 0.326. The Labute approximate surface area is 186 Å². The van der Waals surface area contributed by atoms with Crippen LogP contribution in [0.3, 0.4) is 0 Å². The van der Waals surface area contributed by atoms with Crippen LogP contribution in [0, 0.1) is 0 Å². The number of hydrogen-bond acceptors (Lipinski definition) is 6. The van der Waals surface area contributed by atoms with Crippen LogP contribution >= 0.6 is 23.1 Å². The van der Waals surface area contributed by atoms with Gasteiger partial charge in [0.05, 0.1) is 4.90 Å². The Morgan fingerprint density at radius 1 is 0.968 bits per heavy atom. The Morgan fingerprint density at radius 2 is 1.71 bits per heavy atom. The highest BCUT2D eigenvalue weighted by Gasteiger charge is 2.26. The van der Waals surface area contributed by atoms with Gasteiger partial charge in [0, 0.05) is 22.7 Å². The Bertz CT molecular complexity index is 1240. The van der Waals surface area contributed by atoms with E-state index in [9.17, 15) is 17.2 Å². The molecule has 0 fully saturated rings. The summed E-state index contributed by atoms with van der Waals surface area (Å²) in [5.74, 6) is -2.13. The minimum atomic E-state index is -4.59. The molecular formula is C21H17F2N3O2S3. The van der Waals surface area contributed by atoms with E-state index in [1.54, 1.807) is 11.3 Å². The third kappa shape index (κ3) is 4.86. The molecule has 10 heteroatoms. The molecule has 0 amide bonds. The molecule has 0 saturated carbocycles. The SMILES string of the molecule is O=S(=O)(c1ccc(CSc2nnc(Cc3cccs3)n2-c2ccccc2)cc1)C(F)F. The fourth-order valence-electron chi connectivity index (χ4n) is 2.94. The lowest BCUT2D eigenvalue weighted by Gasteiger charge is -2.10. The van der Waals surface area contributed by atoms with Crippen LogP contribution in [0.5, 0.6) is 0 Å². The smallest absolute Gasteiger partial charge is 0.274 e. The number of rotatable bonds is 8. The van der Waals surface area contributed by atoms with Gasteiger partial charge in [-0.2, -0.15) is 8.78 Å². The van der Waals surface area contributed by atoms with Crippen molar-refractivity contribution in [2.75, 3.05) is 0 Å². The van der Waals surface area contributed by atoms with Gasteiger partial charge in [0.25, 0.3) is 0 Å². The van der Waals surface area contributed by atoms with Crippen LogP contribution in [0.25, 0.3) is 5.69 Å². The number of thioether (sulfide) groups is 1. The lowest BCUT2D eigenvalue weighted by atomic mass is 10.2. The van der Waals surface area contributed by atoms with Crippen molar-refractivity contribution in [2.24, 2.45) is 0 Å². The van der Waals surface area contributed by atoms with Crippen molar-refractivity contribution in [3.63, 3.8) is 0 Å². The van der Waals surface area contributed by atoms with Crippen LogP contribution in [0.15, 0.2) is 82.2 Å². The van der Waals surface area contributed by atoms with E-state index in [0.717, 1.165) is 17.1 Å². The number of alkyl halides is 2. The number of hydrogen-bond donors (Lipinski definition) is 0. The number of benzene rings is 2. The molecule has 0 bridgehead atoms. The average Bonchev–Trinajstić information content (AvgIpc) is 3.43. The monoisotopic (exact) mass is 477 g/mol. The highest BCUT2D eigenvalue weighted by molar-refractivity contribution is 7.98. The molecule has 4 rings (SSSR count). The van der Waals surface area contributed by atoms with Crippen LogP contribution < -0.4 is 0 Å². The van der Waals surface area contributed by atoms with E-state index in [1.165, 1.54) is 40.9 Å². The van der Waals surface area contributed by atoms with E-state index in [1.807, 2.05) is 46.3 Å². The predicted molar refractivity (Wildman–Crippen MR) is 118 cm³/mol. The van der Waals surface area contributed by atoms with E-state index in [4.69, 9.17) is 0 Å². The molecule has 5 nitrogen and oxygen atoms in total. The molecule has 4 aromatic rings. The van der Waals surface area contributed by atoms with Gasteiger partial charge >= 0.3 is 5.76 Å². The molecule has 2 aromatic carbocycles. The second kappa shape index (κ2) is 9.29. The maximum Gasteiger partial charge on any atom is 0.341 e. The summed E-state index contributed by atoms with van der Waals surface area (Å²) >= 11 is 3.10. The number of sulfone groups is 1. The molecule has 0 aliphatic rings. The first-order valence-corrected chi connectivity index (χ1v) is 12.6. The molecule has 31 heavy (non-hydrogen) atoms. The van der Waals surface area contributed by atoms with Crippen LogP contribution in [0.2, 0.25) is 0 Å². The molecule has 0 aliphatic carbocycles. The lowest BCUT2D eigenvalue weighted by molar-refractivity contribution is 0.234. The largest absolute Gasteiger partial charge is 0.341 e. The van der Waals surface area contributed by atoms with Crippen molar-refractivity contribution < 1.29 is 17.2 Å². The molecule has 0 N–H and O–H groups in total. The van der Waals surface area contributed by atoms with Crippen LogP contribution in [0.1, 0.15) is 16.3 Å². The van der Waals surface area contributed by atoms with Crippen molar-refractivity contribution in [1.82, 2.24) is 14.8 Å². The third-order valence-electron chi connectivity index (χ3n) is 4.48. The van der Waals surface area contributed by atoms with Crippen LogP contribution in [-0.4, -0.2) is 28.9 Å². The summed E-state index contributed by atoms with van der Waals surface area (Å²) in [4.78, 5) is 0.791. The van der Waals surface area contributed by atoms with Crippen LogP contribution in [0.4, 0.5) is 8.78 Å². The van der Waals surface area contributed by atoms with Gasteiger partial charge in [0.1, 0.15) is 5.82 Å². The van der Waals surface area contributed by atoms with Crippen molar-refractivity contribution in [3.8, 4) is 5.69 Å². The summed E-state index contributed by atoms with van der Waals surface area (Å²) in [7, 11) is -4.59. The van der Waals surface area contributed by atoms with E-state index >= 15 is 0 Å². The minimum Gasteiger partial charge on any atom is -0.274 e. The topological polar surface area (TPSA) is 64.8 Å². The number of aromatic nitrogens is 3. The normalized spacial score (nSPS) is 11.8. The van der Waals surface area contributed by atoms with Gasteiger partial charge in [-0.05, 0) is 41.3 Å². The highest BCUT2D eigenvalue weighted by Crippen LogP contribution is 2.28. The third-order valence-corrected chi connectivity index (χ3v) is 7.76. The standard InChI is InChI=1S/C21H17F2N3O2S3/c22-20(23)31(27,28)18-10-8-15(9-11-18)14-30-21-25-24-19(13-17-7-4-12-29-17)26(21)16-5-2-1-3-6-16/h1-12,20H,13-14H2. The van der Waals surface area contributed by atoms with Crippen molar-refractivity contribution in [1.29, 1.82) is 0 Å². The second-order valence-corrected chi connectivity index (χ2v) is 10.5. The summed E-state index contributed by atoms with van der Waals surface area (Å²) in [5, 5.41) is 11.5. The van der Waals surface area contributed by atoms with Gasteiger partial charge < -0.3 is 0 Å². The molecule has 0 radical (unpaired) electrons. The zero-order chi connectivity index (χ0) is 21.8.